The third-order valence-corrected chi connectivity index (χ3v) is 10.9. The molecule has 0 atom stereocenters. The molecule has 0 N–H and O–H groups in total. The normalized spacial score (nSPS) is 11.5. The lowest BCUT2D eigenvalue weighted by Crippen LogP contribution is -2.25. The Labute approximate surface area is 346 Å². The van der Waals surface area contributed by atoms with Crippen molar-refractivity contribution in [1.29, 1.82) is 0 Å². The van der Waals surface area contributed by atoms with Crippen molar-refractivity contribution in [2.45, 2.75) is 34.1 Å². The number of fused-ring (bicyclic) bond motifs is 6. The van der Waals surface area contributed by atoms with E-state index >= 15 is 0 Å². The average molecular weight is 765 g/mol. The van der Waals surface area contributed by atoms with Crippen LogP contribution in [0, 0.1) is 6.92 Å². The molecule has 8 aromatic carbocycles. The standard InChI is InChI=1S/C38H27NO.C16H15N.C2H6/c1-2-25-10-8-11-28(22-25)30-15-9-17-37-38(30)33-24-27(19-21-36(33)40-37)26-18-20-35-32(23-26)31-14-6-7-16-34(31)39(35)29-12-4-3-5-13-29;1-12-9-10-13(2)15(11-12)16(17-3)14-7-5-4-6-8-14;1-2/h3-24H,2H2,1H3;4-11H,2-3H2,1H3;1-2H3/b;16-15-;. The minimum absolute atomic E-state index is 0.888. The molecule has 0 amide bonds. The van der Waals surface area contributed by atoms with Crippen molar-refractivity contribution in [3.05, 3.63) is 209 Å². The summed E-state index contributed by atoms with van der Waals surface area (Å²) in [5.74, 6) is 0. The number of para-hydroxylation sites is 2. The highest BCUT2D eigenvalue weighted by Gasteiger charge is 2.16. The SMILES string of the molecule is C=N/C(c1ccccc1)=c1/cc(C)ccc1=C.CC.CCc1cccc(-c2cccc3oc4ccc(-c5ccc6c(c5)c5ccccc5n6-c5ccccc5)cc4c23)c1. The molecule has 0 saturated carbocycles. The van der Waals surface area contributed by atoms with E-state index in [1.165, 1.54) is 66.3 Å². The maximum absolute atomic E-state index is 6.34. The number of furan rings is 1. The van der Waals surface area contributed by atoms with Crippen LogP contribution < -0.4 is 10.4 Å². The summed E-state index contributed by atoms with van der Waals surface area (Å²) in [6.07, 6.45) is 1.02. The summed E-state index contributed by atoms with van der Waals surface area (Å²) in [5, 5.41) is 6.86. The molecule has 59 heavy (non-hydrogen) atoms. The molecule has 0 saturated heterocycles. The van der Waals surface area contributed by atoms with Crippen LogP contribution in [0.15, 0.2) is 191 Å². The zero-order valence-electron chi connectivity index (χ0n) is 34.2. The number of aliphatic imine (C=N–C) groups is 1. The first-order valence-electron chi connectivity index (χ1n) is 20.5. The van der Waals surface area contributed by atoms with Gasteiger partial charge in [-0.25, -0.2) is 0 Å². The van der Waals surface area contributed by atoms with Crippen molar-refractivity contribution >= 4 is 62.7 Å². The predicted octanol–water partition coefficient (Wildman–Crippen LogP) is 13.9. The van der Waals surface area contributed by atoms with Gasteiger partial charge >= 0.3 is 0 Å². The Bertz CT molecular complexity index is 3210. The molecule has 10 aromatic rings. The van der Waals surface area contributed by atoms with Crippen molar-refractivity contribution in [3.8, 4) is 27.9 Å². The fourth-order valence-corrected chi connectivity index (χ4v) is 8.05. The first kappa shape index (κ1) is 38.6. The summed E-state index contributed by atoms with van der Waals surface area (Å²) < 4.78 is 8.70. The van der Waals surface area contributed by atoms with Crippen LogP contribution >= 0.6 is 0 Å². The Morgan fingerprint density at radius 1 is 0.576 bits per heavy atom. The van der Waals surface area contributed by atoms with Crippen LogP contribution in [0.3, 0.4) is 0 Å². The first-order chi connectivity index (χ1) is 29.0. The highest BCUT2D eigenvalue weighted by molar-refractivity contribution is 6.14. The summed E-state index contributed by atoms with van der Waals surface area (Å²) in [6.45, 7) is 16.0. The molecule has 3 nitrogen and oxygen atoms in total. The minimum atomic E-state index is 0.888. The molecule has 0 unspecified atom stereocenters. The maximum Gasteiger partial charge on any atom is 0.136 e. The summed E-state index contributed by atoms with van der Waals surface area (Å²) in [7, 11) is 0. The lowest BCUT2D eigenvalue weighted by Gasteiger charge is -2.08. The third kappa shape index (κ3) is 7.51. The van der Waals surface area contributed by atoms with E-state index in [1.807, 2.05) is 50.2 Å². The van der Waals surface area contributed by atoms with Gasteiger partial charge in [0.1, 0.15) is 11.2 Å². The number of benzene rings is 8. The number of rotatable bonds is 6. The molecule has 0 spiro atoms. The molecular weight excluding hydrogens is 717 g/mol. The molecule has 0 fully saturated rings. The monoisotopic (exact) mass is 764 g/mol. The summed E-state index contributed by atoms with van der Waals surface area (Å²) in [4.78, 5) is 4.16. The maximum atomic E-state index is 6.34. The largest absolute Gasteiger partial charge is 0.456 e. The van der Waals surface area contributed by atoms with Crippen molar-refractivity contribution in [1.82, 2.24) is 4.57 Å². The lowest BCUT2D eigenvalue weighted by atomic mass is 9.96. The topological polar surface area (TPSA) is 30.4 Å². The van der Waals surface area contributed by atoms with Gasteiger partial charge in [-0.3, -0.25) is 4.99 Å². The fourth-order valence-electron chi connectivity index (χ4n) is 8.05. The Morgan fingerprint density at radius 3 is 2.02 bits per heavy atom. The van der Waals surface area contributed by atoms with Crippen LogP contribution in [0.1, 0.15) is 37.5 Å². The highest BCUT2D eigenvalue weighted by atomic mass is 16.3. The van der Waals surface area contributed by atoms with E-state index in [0.29, 0.717) is 0 Å². The Hall–Kier alpha value is -7.23. The van der Waals surface area contributed by atoms with Crippen LogP contribution in [0.2, 0.25) is 0 Å². The van der Waals surface area contributed by atoms with Crippen molar-refractivity contribution in [2.75, 3.05) is 0 Å². The van der Waals surface area contributed by atoms with Crippen LogP contribution in [-0.2, 0) is 6.42 Å². The lowest BCUT2D eigenvalue weighted by molar-refractivity contribution is 0.669. The Morgan fingerprint density at radius 2 is 1.25 bits per heavy atom. The van der Waals surface area contributed by atoms with Gasteiger partial charge in [-0.15, -0.1) is 0 Å². The molecule has 0 bridgehead atoms. The number of hydrogen-bond donors (Lipinski definition) is 0. The van der Waals surface area contributed by atoms with Gasteiger partial charge in [0.25, 0.3) is 0 Å². The smallest absolute Gasteiger partial charge is 0.136 e. The van der Waals surface area contributed by atoms with Gasteiger partial charge in [-0.2, -0.15) is 0 Å². The number of aryl methyl sites for hydroxylation is 2. The number of hydrogen-bond acceptors (Lipinski definition) is 2. The Kier molecular flexibility index (Phi) is 11.2. The van der Waals surface area contributed by atoms with E-state index in [2.05, 4.69) is 182 Å². The van der Waals surface area contributed by atoms with Crippen LogP contribution in [-0.4, -0.2) is 11.3 Å². The van der Waals surface area contributed by atoms with Crippen LogP contribution in [0.5, 0.6) is 0 Å². The Balaban J connectivity index is 0.000000214. The van der Waals surface area contributed by atoms with Crippen LogP contribution in [0.4, 0.5) is 0 Å². The summed E-state index contributed by atoms with van der Waals surface area (Å²) in [5.41, 5.74) is 14.8. The van der Waals surface area contributed by atoms with Gasteiger partial charge < -0.3 is 8.98 Å². The van der Waals surface area contributed by atoms with Crippen molar-refractivity contribution < 1.29 is 4.42 Å². The van der Waals surface area contributed by atoms with E-state index in [0.717, 1.165) is 44.7 Å². The molecule has 2 heterocycles. The van der Waals surface area contributed by atoms with Gasteiger partial charge in [-0.05, 0) is 108 Å². The fraction of sp³-hybridized carbons (Fsp3) is 0.0893. The molecule has 10 rings (SSSR count). The van der Waals surface area contributed by atoms with Crippen molar-refractivity contribution in [2.24, 2.45) is 4.99 Å². The predicted molar refractivity (Wildman–Crippen MR) is 254 cm³/mol. The van der Waals surface area contributed by atoms with Crippen LogP contribution in [0.25, 0.3) is 84.0 Å². The van der Waals surface area contributed by atoms with Gasteiger partial charge in [0.15, 0.2) is 0 Å². The molecule has 0 aliphatic heterocycles. The molecule has 0 aliphatic carbocycles. The molecule has 3 heteroatoms. The molecule has 2 aromatic heterocycles. The van der Waals surface area contributed by atoms with E-state index in [9.17, 15) is 0 Å². The first-order valence-corrected chi connectivity index (χ1v) is 20.5. The second kappa shape index (κ2) is 17.1. The molecule has 0 aliphatic rings. The van der Waals surface area contributed by atoms with E-state index in [1.54, 1.807) is 0 Å². The van der Waals surface area contributed by atoms with E-state index < -0.39 is 0 Å². The minimum Gasteiger partial charge on any atom is -0.456 e. The second-order valence-electron chi connectivity index (χ2n) is 14.5. The summed E-state index contributed by atoms with van der Waals surface area (Å²) >= 11 is 0. The van der Waals surface area contributed by atoms with E-state index in [-0.39, 0.29) is 0 Å². The van der Waals surface area contributed by atoms with E-state index in [4.69, 9.17) is 4.42 Å². The zero-order chi connectivity index (χ0) is 40.9. The van der Waals surface area contributed by atoms with Gasteiger partial charge in [-0.1, -0.05) is 160 Å². The average Bonchev–Trinajstić information content (AvgIpc) is 3.84. The number of nitrogens with zero attached hydrogens (tertiary/aromatic N) is 2. The summed E-state index contributed by atoms with van der Waals surface area (Å²) in [6, 6.07) is 64.2. The van der Waals surface area contributed by atoms with Gasteiger partial charge in [0.05, 0.1) is 16.7 Å². The number of aromatic nitrogens is 1. The zero-order valence-corrected chi connectivity index (χ0v) is 34.2. The second-order valence-corrected chi connectivity index (χ2v) is 14.5. The van der Waals surface area contributed by atoms with Gasteiger partial charge in [0, 0.05) is 38.0 Å². The van der Waals surface area contributed by atoms with Crippen molar-refractivity contribution in [3.63, 3.8) is 0 Å². The highest BCUT2D eigenvalue weighted by Crippen LogP contribution is 2.40. The third-order valence-electron chi connectivity index (χ3n) is 10.9. The quantitative estimate of drug-likeness (QED) is 0.155. The molecular formula is C56H48N2O. The molecule has 0 radical (unpaired) electrons. The van der Waals surface area contributed by atoms with Gasteiger partial charge in [0.2, 0.25) is 0 Å². The molecule has 288 valence electrons.